The molecule has 0 bridgehead atoms. The van der Waals surface area contributed by atoms with Gasteiger partial charge in [-0.25, -0.2) is 0 Å². The fourth-order valence-electron chi connectivity index (χ4n) is 2.04. The highest BCUT2D eigenvalue weighted by Crippen LogP contribution is 2.26. The second kappa shape index (κ2) is 8.10. The van der Waals surface area contributed by atoms with E-state index in [1.165, 1.54) is 0 Å². The van der Waals surface area contributed by atoms with Crippen molar-refractivity contribution in [2.75, 3.05) is 26.6 Å². The summed E-state index contributed by atoms with van der Waals surface area (Å²) in [4.78, 5) is 12.3. The molecule has 1 unspecified atom stereocenters. The Hall–Kier alpha value is -2.89. The predicted octanol–water partition coefficient (Wildman–Crippen LogP) is 3.12. The highest BCUT2D eigenvalue weighted by atomic mass is 16.5. The number of anilines is 1. The molecule has 128 valence electrons. The third kappa shape index (κ3) is 4.55. The highest BCUT2D eigenvalue weighted by molar-refractivity contribution is 5.94. The second-order valence-corrected chi connectivity index (χ2v) is 5.03. The molecule has 1 atom stereocenters. The van der Waals surface area contributed by atoms with E-state index >= 15 is 0 Å². The van der Waals surface area contributed by atoms with Crippen LogP contribution in [0.1, 0.15) is 6.92 Å². The smallest absolute Gasteiger partial charge is 0.265 e. The Morgan fingerprint density at radius 3 is 1.83 bits per heavy atom. The van der Waals surface area contributed by atoms with Crippen LogP contribution in [0, 0.1) is 0 Å². The number of methoxy groups -OCH3 is 3. The monoisotopic (exact) mass is 331 g/mol. The Kier molecular flexibility index (Phi) is 5.89. The maximum atomic E-state index is 12.3. The molecule has 0 radical (unpaired) electrons. The Morgan fingerprint density at radius 1 is 0.833 bits per heavy atom. The molecule has 2 aromatic carbocycles. The molecule has 0 fully saturated rings. The lowest BCUT2D eigenvalue weighted by Crippen LogP contribution is -2.30. The van der Waals surface area contributed by atoms with E-state index in [4.69, 9.17) is 18.9 Å². The van der Waals surface area contributed by atoms with Gasteiger partial charge >= 0.3 is 0 Å². The third-order valence-corrected chi connectivity index (χ3v) is 3.36. The molecule has 0 heterocycles. The first-order chi connectivity index (χ1) is 11.5. The van der Waals surface area contributed by atoms with E-state index in [1.54, 1.807) is 70.7 Å². The van der Waals surface area contributed by atoms with Crippen LogP contribution in [-0.2, 0) is 4.79 Å². The number of hydrogen-bond donors (Lipinski definition) is 1. The van der Waals surface area contributed by atoms with Gasteiger partial charge in [0.2, 0.25) is 0 Å². The normalized spacial score (nSPS) is 11.3. The first-order valence-electron chi connectivity index (χ1n) is 7.40. The topological polar surface area (TPSA) is 66.0 Å². The van der Waals surface area contributed by atoms with Gasteiger partial charge in [-0.05, 0) is 31.2 Å². The van der Waals surface area contributed by atoms with Crippen molar-refractivity contribution < 1.29 is 23.7 Å². The summed E-state index contributed by atoms with van der Waals surface area (Å²) < 4.78 is 21.1. The van der Waals surface area contributed by atoms with Crippen molar-refractivity contribution in [3.8, 4) is 23.0 Å². The first kappa shape index (κ1) is 17.5. The van der Waals surface area contributed by atoms with Crippen molar-refractivity contribution in [1.29, 1.82) is 0 Å². The molecule has 6 nitrogen and oxygen atoms in total. The van der Waals surface area contributed by atoms with Crippen LogP contribution in [0.15, 0.2) is 42.5 Å². The average Bonchev–Trinajstić information content (AvgIpc) is 2.61. The van der Waals surface area contributed by atoms with Crippen LogP contribution in [0.25, 0.3) is 0 Å². The van der Waals surface area contributed by atoms with Gasteiger partial charge < -0.3 is 24.3 Å². The van der Waals surface area contributed by atoms with Gasteiger partial charge in [0, 0.05) is 23.9 Å². The van der Waals surface area contributed by atoms with Crippen molar-refractivity contribution in [3.05, 3.63) is 42.5 Å². The second-order valence-electron chi connectivity index (χ2n) is 5.03. The standard InChI is InChI=1S/C18H21NO5/c1-12(24-15-7-5-14(21-2)6-8-15)18(20)19-13-9-16(22-3)11-17(10-13)23-4/h5-12H,1-4H3,(H,19,20). The quantitative estimate of drug-likeness (QED) is 0.844. The number of carbonyl (C=O) groups excluding carboxylic acids is 1. The number of rotatable bonds is 7. The van der Waals surface area contributed by atoms with Crippen molar-refractivity contribution >= 4 is 11.6 Å². The van der Waals surface area contributed by atoms with Gasteiger partial charge in [0.05, 0.1) is 21.3 Å². The third-order valence-electron chi connectivity index (χ3n) is 3.36. The molecule has 0 spiro atoms. The lowest BCUT2D eigenvalue weighted by molar-refractivity contribution is -0.122. The minimum atomic E-state index is -0.671. The first-order valence-corrected chi connectivity index (χ1v) is 7.40. The summed E-state index contributed by atoms with van der Waals surface area (Å²) in [5, 5.41) is 2.79. The zero-order valence-electron chi connectivity index (χ0n) is 14.2. The lowest BCUT2D eigenvalue weighted by Gasteiger charge is -2.16. The zero-order chi connectivity index (χ0) is 17.5. The highest BCUT2D eigenvalue weighted by Gasteiger charge is 2.16. The van der Waals surface area contributed by atoms with E-state index in [0.717, 1.165) is 5.75 Å². The number of hydrogen-bond acceptors (Lipinski definition) is 5. The number of amides is 1. The molecule has 2 rings (SSSR count). The maximum Gasteiger partial charge on any atom is 0.265 e. The minimum Gasteiger partial charge on any atom is -0.497 e. The van der Waals surface area contributed by atoms with Crippen LogP contribution in [0.5, 0.6) is 23.0 Å². The molecule has 1 amide bonds. The summed E-state index contributed by atoms with van der Waals surface area (Å²) in [5.41, 5.74) is 0.571. The van der Waals surface area contributed by atoms with E-state index in [2.05, 4.69) is 5.32 Å². The summed E-state index contributed by atoms with van der Waals surface area (Å²) in [7, 11) is 4.69. The molecule has 0 aromatic heterocycles. The molecule has 0 saturated carbocycles. The fraction of sp³-hybridized carbons (Fsp3) is 0.278. The number of ether oxygens (including phenoxy) is 4. The van der Waals surface area contributed by atoms with Gasteiger partial charge in [0.25, 0.3) is 5.91 Å². The van der Waals surface area contributed by atoms with Gasteiger partial charge in [-0.2, -0.15) is 0 Å². The largest absolute Gasteiger partial charge is 0.497 e. The molecular weight excluding hydrogens is 310 g/mol. The molecule has 0 saturated heterocycles. The van der Waals surface area contributed by atoms with Crippen molar-refractivity contribution in [3.63, 3.8) is 0 Å². The molecule has 1 N–H and O–H groups in total. The Balaban J connectivity index is 2.02. The molecule has 2 aromatic rings. The zero-order valence-corrected chi connectivity index (χ0v) is 14.2. The van der Waals surface area contributed by atoms with Crippen molar-refractivity contribution in [2.45, 2.75) is 13.0 Å². The molecule has 6 heteroatoms. The van der Waals surface area contributed by atoms with E-state index in [-0.39, 0.29) is 5.91 Å². The Bertz CT molecular complexity index is 662. The van der Waals surface area contributed by atoms with Crippen LogP contribution in [-0.4, -0.2) is 33.3 Å². The van der Waals surface area contributed by atoms with Gasteiger partial charge in [-0.3, -0.25) is 4.79 Å². The SMILES string of the molecule is COc1ccc(OC(C)C(=O)Nc2cc(OC)cc(OC)c2)cc1. The number of carbonyl (C=O) groups is 1. The van der Waals surface area contributed by atoms with Crippen molar-refractivity contribution in [1.82, 2.24) is 0 Å². The maximum absolute atomic E-state index is 12.3. The van der Waals surface area contributed by atoms with Crippen molar-refractivity contribution in [2.24, 2.45) is 0 Å². The van der Waals surface area contributed by atoms with Crippen LogP contribution < -0.4 is 24.3 Å². The molecule has 0 aliphatic rings. The predicted molar refractivity (Wildman–Crippen MR) is 91.3 cm³/mol. The van der Waals surface area contributed by atoms with Crippen LogP contribution in [0.2, 0.25) is 0 Å². The van der Waals surface area contributed by atoms with E-state index in [9.17, 15) is 4.79 Å². The van der Waals surface area contributed by atoms with Crippen LogP contribution in [0.4, 0.5) is 5.69 Å². The average molecular weight is 331 g/mol. The Labute approximate surface area is 141 Å². The number of benzene rings is 2. The summed E-state index contributed by atoms with van der Waals surface area (Å²) in [5.74, 6) is 2.22. The van der Waals surface area contributed by atoms with Gasteiger partial charge in [0.1, 0.15) is 23.0 Å². The van der Waals surface area contributed by atoms with E-state index < -0.39 is 6.10 Å². The minimum absolute atomic E-state index is 0.277. The van der Waals surface area contributed by atoms with E-state index in [1.807, 2.05) is 0 Å². The Morgan fingerprint density at radius 2 is 1.33 bits per heavy atom. The summed E-state index contributed by atoms with van der Waals surface area (Å²) in [6.45, 7) is 1.68. The molecule has 0 aliphatic carbocycles. The van der Waals surface area contributed by atoms with E-state index in [0.29, 0.717) is 22.9 Å². The summed E-state index contributed by atoms with van der Waals surface area (Å²) >= 11 is 0. The summed E-state index contributed by atoms with van der Waals surface area (Å²) in [6, 6.07) is 12.2. The number of nitrogens with one attached hydrogen (secondary N) is 1. The van der Waals surface area contributed by atoms with Crippen LogP contribution >= 0.6 is 0 Å². The lowest BCUT2D eigenvalue weighted by atomic mass is 10.2. The van der Waals surface area contributed by atoms with Crippen LogP contribution in [0.3, 0.4) is 0 Å². The summed E-state index contributed by atoms with van der Waals surface area (Å²) in [6.07, 6.45) is -0.671. The van der Waals surface area contributed by atoms with Gasteiger partial charge in [0.15, 0.2) is 6.10 Å². The van der Waals surface area contributed by atoms with Gasteiger partial charge in [-0.15, -0.1) is 0 Å². The molecule has 0 aliphatic heterocycles. The fourth-order valence-corrected chi connectivity index (χ4v) is 2.04. The van der Waals surface area contributed by atoms with Gasteiger partial charge in [-0.1, -0.05) is 0 Å². The molecule has 24 heavy (non-hydrogen) atoms. The molecular formula is C18H21NO5.